The first kappa shape index (κ1) is 7.34. The average molecular weight is 113 g/mol. The number of nitroso groups, excluding NO2 is 1. The molecule has 2 heteroatoms. The molecule has 0 aromatic rings. The predicted octanol–water partition coefficient (Wildman–Crippen LogP) is 2.11. The molecule has 0 atom stereocenters. The molecule has 0 radical (unpaired) electrons. The summed E-state index contributed by atoms with van der Waals surface area (Å²) in [5.41, 5.74) is 1.12. The van der Waals surface area contributed by atoms with Crippen LogP contribution in [-0.4, -0.2) is 6.54 Å². The second-order valence-electron chi connectivity index (χ2n) is 1.91. The molecule has 46 valence electrons. The molecule has 0 aliphatic carbocycles. The highest BCUT2D eigenvalue weighted by atomic mass is 16.3. The van der Waals surface area contributed by atoms with E-state index in [2.05, 4.69) is 11.8 Å². The molecule has 0 aromatic carbocycles. The van der Waals surface area contributed by atoms with Crippen LogP contribution in [0.1, 0.15) is 19.8 Å². The minimum atomic E-state index is 0.423. The van der Waals surface area contributed by atoms with Gasteiger partial charge >= 0.3 is 0 Å². The Kier molecular flexibility index (Phi) is 4.13. The van der Waals surface area contributed by atoms with Crippen LogP contribution < -0.4 is 0 Å². The molecule has 8 heavy (non-hydrogen) atoms. The minimum absolute atomic E-state index is 0.423. The van der Waals surface area contributed by atoms with Gasteiger partial charge in [0.15, 0.2) is 0 Å². The number of hydrogen-bond donors (Lipinski definition) is 0. The van der Waals surface area contributed by atoms with E-state index >= 15 is 0 Å². The van der Waals surface area contributed by atoms with Gasteiger partial charge in [0.2, 0.25) is 0 Å². The fraction of sp³-hybridized carbons (Fsp3) is 0.667. The van der Waals surface area contributed by atoms with Gasteiger partial charge in [0.1, 0.15) is 0 Å². The van der Waals surface area contributed by atoms with Crippen molar-refractivity contribution < 1.29 is 0 Å². The first-order valence-electron chi connectivity index (χ1n) is 2.71. The lowest BCUT2D eigenvalue weighted by Gasteiger charge is -1.90. The maximum atomic E-state index is 9.51. The molecular formula is C6H11NO. The van der Waals surface area contributed by atoms with Gasteiger partial charge in [-0.05, 0) is 19.8 Å². The molecular weight excluding hydrogens is 102 g/mol. The van der Waals surface area contributed by atoms with Crippen LogP contribution in [0.15, 0.2) is 17.3 Å². The number of rotatable bonds is 4. The molecule has 0 aliphatic rings. The van der Waals surface area contributed by atoms with Gasteiger partial charge in [-0.2, -0.15) is 4.91 Å². The van der Waals surface area contributed by atoms with E-state index in [9.17, 15) is 4.91 Å². The standard InChI is InChI=1S/C6H11NO/c1-6(2)4-3-5-7-8/h1,3-5H2,2H3. The van der Waals surface area contributed by atoms with E-state index in [1.807, 2.05) is 6.92 Å². The molecule has 2 nitrogen and oxygen atoms in total. The van der Waals surface area contributed by atoms with E-state index in [-0.39, 0.29) is 0 Å². The predicted molar refractivity (Wildman–Crippen MR) is 34.7 cm³/mol. The summed E-state index contributed by atoms with van der Waals surface area (Å²) in [7, 11) is 0. The van der Waals surface area contributed by atoms with Crippen LogP contribution in [0.5, 0.6) is 0 Å². The zero-order valence-corrected chi connectivity index (χ0v) is 5.18. The summed E-state index contributed by atoms with van der Waals surface area (Å²) >= 11 is 0. The Labute approximate surface area is 49.6 Å². The average Bonchev–Trinajstić information content (AvgIpc) is 1.66. The second-order valence-corrected chi connectivity index (χ2v) is 1.91. The van der Waals surface area contributed by atoms with Crippen molar-refractivity contribution in [1.29, 1.82) is 0 Å². The van der Waals surface area contributed by atoms with Crippen molar-refractivity contribution in [2.75, 3.05) is 6.54 Å². The highest BCUT2D eigenvalue weighted by Crippen LogP contribution is 1.98. The summed E-state index contributed by atoms with van der Waals surface area (Å²) < 4.78 is 0. The monoisotopic (exact) mass is 113 g/mol. The van der Waals surface area contributed by atoms with Gasteiger partial charge in [0.05, 0.1) is 6.54 Å². The molecule has 0 spiro atoms. The largest absolute Gasteiger partial charge is 0.151 e. The number of nitrogens with zero attached hydrogens (tertiary/aromatic N) is 1. The summed E-state index contributed by atoms with van der Waals surface area (Å²) in [6.07, 6.45) is 1.77. The van der Waals surface area contributed by atoms with Gasteiger partial charge in [0, 0.05) is 0 Å². The lowest BCUT2D eigenvalue weighted by Crippen LogP contribution is -1.79. The van der Waals surface area contributed by atoms with Crippen LogP contribution in [-0.2, 0) is 0 Å². The molecule has 0 bridgehead atoms. The number of hydrogen-bond acceptors (Lipinski definition) is 2. The molecule has 0 saturated carbocycles. The van der Waals surface area contributed by atoms with Gasteiger partial charge in [-0.3, -0.25) is 0 Å². The first-order chi connectivity index (χ1) is 3.77. The maximum Gasteiger partial charge on any atom is 0.0814 e. The van der Waals surface area contributed by atoms with E-state index in [1.165, 1.54) is 0 Å². The Bertz CT molecular complexity index is 88.5. The number of allylic oxidation sites excluding steroid dienone is 1. The summed E-state index contributed by atoms with van der Waals surface area (Å²) in [5, 5.41) is 2.72. The van der Waals surface area contributed by atoms with Crippen LogP contribution in [0, 0.1) is 4.91 Å². The highest BCUT2D eigenvalue weighted by molar-refractivity contribution is 4.87. The van der Waals surface area contributed by atoms with Crippen molar-refractivity contribution in [2.24, 2.45) is 5.18 Å². The first-order valence-corrected chi connectivity index (χ1v) is 2.71. The molecule has 0 saturated heterocycles. The molecule has 0 unspecified atom stereocenters. The Morgan fingerprint density at radius 2 is 2.38 bits per heavy atom. The van der Waals surface area contributed by atoms with Crippen molar-refractivity contribution >= 4 is 0 Å². The van der Waals surface area contributed by atoms with Gasteiger partial charge in [-0.25, -0.2) is 0 Å². The summed E-state index contributed by atoms with van der Waals surface area (Å²) in [5.74, 6) is 0. The zero-order valence-electron chi connectivity index (χ0n) is 5.18. The van der Waals surface area contributed by atoms with Crippen molar-refractivity contribution in [3.8, 4) is 0 Å². The van der Waals surface area contributed by atoms with Gasteiger partial charge < -0.3 is 0 Å². The molecule has 0 aromatic heterocycles. The minimum Gasteiger partial charge on any atom is -0.151 e. The van der Waals surface area contributed by atoms with Crippen LogP contribution in [0.2, 0.25) is 0 Å². The zero-order chi connectivity index (χ0) is 6.41. The Hall–Kier alpha value is -0.660. The van der Waals surface area contributed by atoms with E-state index in [0.29, 0.717) is 6.54 Å². The van der Waals surface area contributed by atoms with E-state index in [1.54, 1.807) is 0 Å². The molecule has 0 heterocycles. The van der Waals surface area contributed by atoms with E-state index < -0.39 is 0 Å². The molecule has 0 N–H and O–H groups in total. The lowest BCUT2D eigenvalue weighted by molar-refractivity contribution is 0.822. The van der Waals surface area contributed by atoms with Gasteiger partial charge in [-0.1, -0.05) is 10.7 Å². The van der Waals surface area contributed by atoms with E-state index in [0.717, 1.165) is 18.4 Å². The van der Waals surface area contributed by atoms with Crippen LogP contribution in [0.25, 0.3) is 0 Å². The summed E-state index contributed by atoms with van der Waals surface area (Å²) in [6, 6.07) is 0. The highest BCUT2D eigenvalue weighted by Gasteiger charge is 1.85. The third-order valence-corrected chi connectivity index (χ3v) is 0.853. The third kappa shape index (κ3) is 5.34. The normalized spacial score (nSPS) is 8.62. The fourth-order valence-corrected chi connectivity index (χ4v) is 0.445. The molecule has 0 rings (SSSR count). The van der Waals surface area contributed by atoms with E-state index in [4.69, 9.17) is 0 Å². The SMILES string of the molecule is C=C(C)CCCN=O. The smallest absolute Gasteiger partial charge is 0.0814 e. The summed E-state index contributed by atoms with van der Waals surface area (Å²) in [4.78, 5) is 9.51. The Morgan fingerprint density at radius 3 is 2.75 bits per heavy atom. The van der Waals surface area contributed by atoms with Crippen molar-refractivity contribution in [1.82, 2.24) is 0 Å². The van der Waals surface area contributed by atoms with Crippen LogP contribution in [0.4, 0.5) is 0 Å². The van der Waals surface area contributed by atoms with Crippen molar-refractivity contribution in [3.63, 3.8) is 0 Å². The Balaban J connectivity index is 2.93. The quantitative estimate of drug-likeness (QED) is 0.312. The lowest BCUT2D eigenvalue weighted by atomic mass is 10.2. The van der Waals surface area contributed by atoms with Crippen LogP contribution in [0.3, 0.4) is 0 Å². The van der Waals surface area contributed by atoms with Crippen LogP contribution >= 0.6 is 0 Å². The topological polar surface area (TPSA) is 29.4 Å². The molecule has 0 fully saturated rings. The van der Waals surface area contributed by atoms with Crippen molar-refractivity contribution in [2.45, 2.75) is 19.8 Å². The van der Waals surface area contributed by atoms with Gasteiger partial charge in [0.25, 0.3) is 0 Å². The maximum absolute atomic E-state index is 9.51. The fourth-order valence-electron chi connectivity index (χ4n) is 0.445. The Morgan fingerprint density at radius 1 is 1.75 bits per heavy atom. The van der Waals surface area contributed by atoms with Crippen molar-refractivity contribution in [3.05, 3.63) is 17.1 Å². The van der Waals surface area contributed by atoms with Gasteiger partial charge in [-0.15, -0.1) is 6.58 Å². The molecule has 0 aliphatic heterocycles. The molecule has 0 amide bonds. The second kappa shape index (κ2) is 4.50. The summed E-state index contributed by atoms with van der Waals surface area (Å²) in [6.45, 7) is 6.06. The third-order valence-electron chi connectivity index (χ3n) is 0.853.